The molecular formula is C16H26N2O. The lowest BCUT2D eigenvalue weighted by Gasteiger charge is -2.27. The number of aliphatic hydroxyl groups excluding tert-OH is 1. The first-order chi connectivity index (χ1) is 9.17. The van der Waals surface area contributed by atoms with Gasteiger partial charge in [-0.05, 0) is 49.3 Å². The molecule has 1 aromatic rings. The summed E-state index contributed by atoms with van der Waals surface area (Å²) < 4.78 is 0. The molecule has 0 heterocycles. The highest BCUT2D eigenvalue weighted by molar-refractivity contribution is 5.35. The first-order valence-corrected chi connectivity index (χ1v) is 7.30. The fourth-order valence-corrected chi connectivity index (χ4v) is 3.17. The van der Waals surface area contributed by atoms with Crippen molar-refractivity contribution in [3.8, 4) is 0 Å². The topological polar surface area (TPSA) is 58.3 Å². The van der Waals surface area contributed by atoms with E-state index in [9.17, 15) is 5.11 Å². The summed E-state index contributed by atoms with van der Waals surface area (Å²) >= 11 is 0. The number of hydrogen-bond donors (Lipinski definition) is 3. The second-order valence-corrected chi connectivity index (χ2v) is 5.72. The lowest BCUT2D eigenvalue weighted by molar-refractivity contribution is 0.199. The van der Waals surface area contributed by atoms with Gasteiger partial charge in [-0.1, -0.05) is 24.6 Å². The van der Waals surface area contributed by atoms with Gasteiger partial charge in [0, 0.05) is 25.2 Å². The third-order valence-electron chi connectivity index (χ3n) is 4.57. The van der Waals surface area contributed by atoms with Crippen molar-refractivity contribution in [2.24, 2.45) is 11.7 Å². The second kappa shape index (κ2) is 6.51. The maximum absolute atomic E-state index is 9.42. The number of aryl methyl sites for hydroxylation is 1. The molecule has 0 radical (unpaired) electrons. The Kier molecular flexibility index (Phi) is 4.97. The van der Waals surface area contributed by atoms with Crippen LogP contribution in [0.4, 0.5) is 0 Å². The molecule has 0 saturated heterocycles. The van der Waals surface area contributed by atoms with Crippen molar-refractivity contribution in [1.82, 2.24) is 5.32 Å². The maximum atomic E-state index is 9.42. The average molecular weight is 262 g/mol. The lowest BCUT2D eigenvalue weighted by atomic mass is 9.95. The van der Waals surface area contributed by atoms with E-state index in [0.29, 0.717) is 18.5 Å². The van der Waals surface area contributed by atoms with Gasteiger partial charge in [-0.2, -0.15) is 0 Å². The summed E-state index contributed by atoms with van der Waals surface area (Å²) in [5.74, 6) is 0.388. The standard InChI is InChI=1S/C16H26N2O/c1-11-5-3-7-14(12(11)2)16(9-17)18-15-8-4-6-13(15)10-19/h3,5,7,13,15-16,18-19H,4,6,8-10,17H2,1-2H3. The van der Waals surface area contributed by atoms with Crippen molar-refractivity contribution in [2.75, 3.05) is 13.2 Å². The second-order valence-electron chi connectivity index (χ2n) is 5.72. The first kappa shape index (κ1) is 14.5. The molecule has 0 bridgehead atoms. The molecule has 4 N–H and O–H groups in total. The number of hydrogen-bond acceptors (Lipinski definition) is 3. The zero-order valence-electron chi connectivity index (χ0n) is 12.0. The van der Waals surface area contributed by atoms with Crippen LogP contribution in [0.25, 0.3) is 0 Å². The van der Waals surface area contributed by atoms with E-state index in [1.54, 1.807) is 0 Å². The zero-order valence-corrected chi connectivity index (χ0v) is 12.0. The Labute approximate surface area is 116 Å². The molecule has 1 fully saturated rings. The van der Waals surface area contributed by atoms with Gasteiger partial charge in [-0.25, -0.2) is 0 Å². The molecule has 2 rings (SSSR count). The van der Waals surface area contributed by atoms with Crippen molar-refractivity contribution in [2.45, 2.75) is 45.2 Å². The Balaban J connectivity index is 2.14. The predicted octanol–water partition coefficient (Wildman–Crippen LogP) is 2.05. The van der Waals surface area contributed by atoms with Gasteiger partial charge in [0.1, 0.15) is 0 Å². The van der Waals surface area contributed by atoms with Gasteiger partial charge < -0.3 is 16.2 Å². The third-order valence-corrected chi connectivity index (χ3v) is 4.57. The Morgan fingerprint density at radius 1 is 1.37 bits per heavy atom. The molecule has 0 aromatic heterocycles. The van der Waals surface area contributed by atoms with Crippen LogP contribution >= 0.6 is 0 Å². The van der Waals surface area contributed by atoms with E-state index in [1.807, 2.05) is 0 Å². The van der Waals surface area contributed by atoms with Crippen molar-refractivity contribution < 1.29 is 5.11 Å². The summed E-state index contributed by atoms with van der Waals surface area (Å²) in [6.07, 6.45) is 3.47. The van der Waals surface area contributed by atoms with Crippen LogP contribution < -0.4 is 11.1 Å². The summed E-state index contributed by atoms with van der Waals surface area (Å²) in [4.78, 5) is 0. The van der Waals surface area contributed by atoms with Crippen LogP contribution in [0.3, 0.4) is 0 Å². The molecule has 19 heavy (non-hydrogen) atoms. The Morgan fingerprint density at radius 2 is 2.16 bits per heavy atom. The molecule has 3 nitrogen and oxygen atoms in total. The van der Waals surface area contributed by atoms with E-state index in [0.717, 1.165) is 12.8 Å². The highest BCUT2D eigenvalue weighted by Crippen LogP contribution is 2.28. The molecule has 0 spiro atoms. The molecule has 3 heteroatoms. The zero-order chi connectivity index (χ0) is 13.8. The summed E-state index contributed by atoms with van der Waals surface area (Å²) in [6.45, 7) is 5.17. The van der Waals surface area contributed by atoms with Crippen molar-refractivity contribution in [3.63, 3.8) is 0 Å². The quantitative estimate of drug-likeness (QED) is 0.761. The van der Waals surface area contributed by atoms with Gasteiger partial charge in [0.15, 0.2) is 0 Å². The number of nitrogens with one attached hydrogen (secondary N) is 1. The minimum atomic E-state index is 0.192. The minimum absolute atomic E-state index is 0.192. The van der Waals surface area contributed by atoms with Gasteiger partial charge >= 0.3 is 0 Å². The van der Waals surface area contributed by atoms with Crippen LogP contribution in [0.2, 0.25) is 0 Å². The molecule has 106 valence electrons. The smallest absolute Gasteiger partial charge is 0.0474 e. The summed E-state index contributed by atoms with van der Waals surface area (Å²) in [7, 11) is 0. The van der Waals surface area contributed by atoms with E-state index in [2.05, 4.69) is 37.4 Å². The number of nitrogens with two attached hydrogens (primary N) is 1. The van der Waals surface area contributed by atoms with Gasteiger partial charge in [0.25, 0.3) is 0 Å². The average Bonchev–Trinajstić information content (AvgIpc) is 2.87. The van der Waals surface area contributed by atoms with E-state index in [-0.39, 0.29) is 12.6 Å². The summed E-state index contributed by atoms with van der Waals surface area (Å²) in [5.41, 5.74) is 9.89. The van der Waals surface area contributed by atoms with Crippen LogP contribution in [0.15, 0.2) is 18.2 Å². The van der Waals surface area contributed by atoms with Crippen LogP contribution in [-0.4, -0.2) is 24.3 Å². The Hall–Kier alpha value is -0.900. The molecular weight excluding hydrogens is 236 g/mol. The van der Waals surface area contributed by atoms with Gasteiger partial charge in [0.05, 0.1) is 0 Å². The van der Waals surface area contributed by atoms with E-state index < -0.39 is 0 Å². The molecule has 0 aliphatic heterocycles. The largest absolute Gasteiger partial charge is 0.396 e. The highest BCUT2D eigenvalue weighted by Gasteiger charge is 2.28. The fraction of sp³-hybridized carbons (Fsp3) is 0.625. The molecule has 1 aliphatic carbocycles. The van der Waals surface area contributed by atoms with Crippen molar-refractivity contribution >= 4 is 0 Å². The van der Waals surface area contributed by atoms with Crippen molar-refractivity contribution in [1.29, 1.82) is 0 Å². The van der Waals surface area contributed by atoms with Gasteiger partial charge in [-0.15, -0.1) is 0 Å². The third kappa shape index (κ3) is 3.16. The SMILES string of the molecule is Cc1cccc(C(CN)NC2CCCC2CO)c1C. The number of benzene rings is 1. The Bertz CT molecular complexity index is 419. The summed E-state index contributed by atoms with van der Waals surface area (Å²) in [5, 5.41) is 13.1. The number of aliphatic hydroxyl groups is 1. The monoisotopic (exact) mass is 262 g/mol. The maximum Gasteiger partial charge on any atom is 0.0474 e. The molecule has 3 unspecified atom stereocenters. The van der Waals surface area contributed by atoms with E-state index >= 15 is 0 Å². The van der Waals surface area contributed by atoms with Crippen LogP contribution in [-0.2, 0) is 0 Å². The van der Waals surface area contributed by atoms with Gasteiger partial charge in [-0.3, -0.25) is 0 Å². The highest BCUT2D eigenvalue weighted by atomic mass is 16.3. The van der Waals surface area contributed by atoms with Gasteiger partial charge in [0.2, 0.25) is 0 Å². The molecule has 3 atom stereocenters. The summed E-state index contributed by atoms with van der Waals surface area (Å²) in [6, 6.07) is 6.99. The Morgan fingerprint density at radius 3 is 2.84 bits per heavy atom. The molecule has 1 aliphatic rings. The molecule has 1 saturated carbocycles. The first-order valence-electron chi connectivity index (χ1n) is 7.30. The lowest BCUT2D eigenvalue weighted by Crippen LogP contribution is -2.40. The van der Waals surface area contributed by atoms with Crippen LogP contribution in [0.1, 0.15) is 42.0 Å². The van der Waals surface area contributed by atoms with Crippen molar-refractivity contribution in [3.05, 3.63) is 34.9 Å². The molecule has 0 amide bonds. The normalized spacial score (nSPS) is 24.6. The van der Waals surface area contributed by atoms with E-state index in [4.69, 9.17) is 5.73 Å². The fourth-order valence-electron chi connectivity index (χ4n) is 3.17. The van der Waals surface area contributed by atoms with E-state index in [1.165, 1.54) is 23.1 Å². The minimum Gasteiger partial charge on any atom is -0.396 e. The van der Waals surface area contributed by atoms with Crippen LogP contribution in [0.5, 0.6) is 0 Å². The van der Waals surface area contributed by atoms with Crippen LogP contribution in [0, 0.1) is 19.8 Å². The molecule has 1 aromatic carbocycles. The number of rotatable bonds is 5. The predicted molar refractivity (Wildman–Crippen MR) is 79.1 cm³/mol.